The molecule has 172 valence electrons. The maximum absolute atomic E-state index is 13.6. The van der Waals surface area contributed by atoms with E-state index in [4.69, 9.17) is 0 Å². The van der Waals surface area contributed by atoms with Crippen molar-refractivity contribution in [3.8, 4) is 0 Å². The maximum Gasteiger partial charge on any atom is 0.260 e. The minimum absolute atomic E-state index is 0.0584. The molecule has 34 heavy (non-hydrogen) atoms. The number of imide groups is 1. The lowest BCUT2D eigenvalue weighted by Crippen LogP contribution is -2.32. The molecule has 3 aromatic rings. The lowest BCUT2D eigenvalue weighted by atomic mass is 9.85. The van der Waals surface area contributed by atoms with Crippen molar-refractivity contribution in [1.29, 1.82) is 0 Å². The highest BCUT2D eigenvalue weighted by molar-refractivity contribution is 6.21. The van der Waals surface area contributed by atoms with E-state index in [2.05, 4.69) is 39.7 Å². The van der Waals surface area contributed by atoms with Gasteiger partial charge in [0, 0.05) is 0 Å². The van der Waals surface area contributed by atoms with Gasteiger partial charge in [-0.2, -0.15) is 4.98 Å². The lowest BCUT2D eigenvalue weighted by molar-refractivity contribution is -0.122. The number of benzene rings is 2. The first-order valence-electron chi connectivity index (χ1n) is 11.6. The number of anilines is 2. The number of carbonyl (C=O) groups is 2. The average molecular weight is 458 g/mol. The fourth-order valence-corrected chi connectivity index (χ4v) is 5.24. The summed E-state index contributed by atoms with van der Waals surface area (Å²) >= 11 is 0. The summed E-state index contributed by atoms with van der Waals surface area (Å²) in [5, 5.41) is 8.06. The number of halogens is 1. The van der Waals surface area contributed by atoms with Crippen LogP contribution in [-0.2, 0) is 9.59 Å². The van der Waals surface area contributed by atoms with Crippen LogP contribution in [0.2, 0.25) is 0 Å². The Bertz CT molecular complexity index is 1270. The number of allylic oxidation sites excluding steroid dienone is 2. The van der Waals surface area contributed by atoms with Gasteiger partial charge in [-0.25, -0.2) is 14.0 Å². The number of hydrogen-bond acceptors (Lipinski definition) is 5. The van der Waals surface area contributed by atoms with E-state index < -0.39 is 0 Å². The number of nitrogens with zero attached hydrogens (tertiary/aromatic N) is 4. The minimum Gasteiger partial charge on any atom is -0.347 e. The van der Waals surface area contributed by atoms with Crippen LogP contribution in [0.1, 0.15) is 48.0 Å². The number of hydrogen-bond donors (Lipinski definition) is 1. The Balaban J connectivity index is 1.40. The van der Waals surface area contributed by atoms with Crippen LogP contribution in [0.5, 0.6) is 0 Å². The Hall–Kier alpha value is -3.81. The van der Waals surface area contributed by atoms with Crippen LogP contribution in [0.25, 0.3) is 0 Å². The molecule has 1 saturated heterocycles. The highest BCUT2D eigenvalue weighted by Gasteiger charge is 2.49. The molecule has 7 nitrogen and oxygen atoms in total. The first kappa shape index (κ1) is 20.8. The molecule has 1 fully saturated rings. The third-order valence-electron chi connectivity index (χ3n) is 7.12. The molecule has 0 saturated carbocycles. The van der Waals surface area contributed by atoms with Crippen LogP contribution in [-0.4, -0.2) is 26.6 Å². The predicted molar refractivity (Wildman–Crippen MR) is 125 cm³/mol. The molecule has 6 rings (SSSR count). The normalized spacial score (nSPS) is 25.8. The smallest absolute Gasteiger partial charge is 0.260 e. The van der Waals surface area contributed by atoms with Crippen LogP contribution in [0.4, 0.5) is 16.3 Å². The average Bonchev–Trinajstić information content (AvgIpc) is 3.38. The third-order valence-corrected chi connectivity index (χ3v) is 7.12. The summed E-state index contributed by atoms with van der Waals surface area (Å²) in [6.07, 6.45) is 5.69. The molecule has 4 atom stereocenters. The number of rotatable bonds is 3. The SMILES string of the molecule is Cc1ccc([C@@H]2C[C@H](c3ccc(F)cc3)n3nc(N4C(=O)[C@H]5CC=CC[C@@H]5C4=O)nc3N2)cc1. The molecular weight excluding hydrogens is 433 g/mol. The van der Waals surface area contributed by atoms with Gasteiger partial charge in [0.2, 0.25) is 17.8 Å². The monoisotopic (exact) mass is 457 g/mol. The second-order valence-corrected chi connectivity index (χ2v) is 9.26. The van der Waals surface area contributed by atoms with Crippen LogP contribution in [0.15, 0.2) is 60.7 Å². The number of fused-ring (bicyclic) bond motifs is 2. The Labute approximate surface area is 196 Å². The summed E-state index contributed by atoms with van der Waals surface area (Å²) in [6.45, 7) is 2.04. The predicted octanol–water partition coefficient (Wildman–Crippen LogP) is 4.33. The number of aromatic nitrogens is 3. The standard InChI is InChI=1S/C26H24FN5O2/c1-15-6-8-16(9-7-15)21-14-22(17-10-12-18(27)13-11-17)32-25(28-21)29-26(30-32)31-23(33)19-4-2-3-5-20(19)24(31)34/h2-3,6-13,19-22H,4-5,14H2,1H3,(H,28,29,30)/t19-,20-,21-,22+/m0/s1. The van der Waals surface area contributed by atoms with Gasteiger partial charge < -0.3 is 5.32 Å². The number of nitrogens with one attached hydrogen (secondary N) is 1. The van der Waals surface area contributed by atoms with Crippen molar-refractivity contribution < 1.29 is 14.0 Å². The van der Waals surface area contributed by atoms with Crippen molar-refractivity contribution in [3.05, 3.63) is 83.2 Å². The van der Waals surface area contributed by atoms with Gasteiger partial charge in [-0.05, 0) is 49.4 Å². The summed E-state index contributed by atoms with van der Waals surface area (Å²) in [5.74, 6) is -0.903. The van der Waals surface area contributed by atoms with Crippen molar-refractivity contribution in [2.45, 2.75) is 38.3 Å². The van der Waals surface area contributed by atoms with E-state index in [1.165, 1.54) is 17.7 Å². The highest BCUT2D eigenvalue weighted by atomic mass is 19.1. The summed E-state index contributed by atoms with van der Waals surface area (Å²) in [6, 6.07) is 14.3. The summed E-state index contributed by atoms with van der Waals surface area (Å²) in [4.78, 5) is 31.9. The fourth-order valence-electron chi connectivity index (χ4n) is 5.24. The number of amides is 2. The van der Waals surface area contributed by atoms with Gasteiger partial charge in [0.25, 0.3) is 5.95 Å². The van der Waals surface area contributed by atoms with Gasteiger partial charge in [0.15, 0.2) is 0 Å². The van der Waals surface area contributed by atoms with Gasteiger partial charge in [0.1, 0.15) is 5.82 Å². The van der Waals surface area contributed by atoms with Crippen molar-refractivity contribution in [2.24, 2.45) is 11.8 Å². The third kappa shape index (κ3) is 3.32. The van der Waals surface area contributed by atoms with Crippen LogP contribution >= 0.6 is 0 Å². The quantitative estimate of drug-likeness (QED) is 0.468. The molecule has 0 unspecified atom stereocenters. The largest absolute Gasteiger partial charge is 0.347 e. The van der Waals surface area contributed by atoms with Crippen molar-refractivity contribution in [3.63, 3.8) is 0 Å². The fraction of sp³-hybridized carbons (Fsp3) is 0.308. The van der Waals surface area contributed by atoms with Gasteiger partial charge in [-0.15, -0.1) is 5.10 Å². The molecule has 8 heteroatoms. The molecule has 2 aliphatic heterocycles. The van der Waals surface area contributed by atoms with Crippen molar-refractivity contribution in [2.75, 3.05) is 10.2 Å². The van der Waals surface area contributed by atoms with Gasteiger partial charge in [-0.1, -0.05) is 54.1 Å². The molecule has 0 spiro atoms. The van der Waals surface area contributed by atoms with E-state index in [1.807, 2.05) is 19.1 Å². The van der Waals surface area contributed by atoms with E-state index in [0.717, 1.165) is 16.0 Å². The highest BCUT2D eigenvalue weighted by Crippen LogP contribution is 2.41. The molecule has 1 aromatic heterocycles. The molecule has 0 radical (unpaired) electrons. The van der Waals surface area contributed by atoms with E-state index in [0.29, 0.717) is 25.2 Å². The van der Waals surface area contributed by atoms with Crippen LogP contribution in [0, 0.1) is 24.6 Å². The van der Waals surface area contributed by atoms with E-state index in [9.17, 15) is 14.0 Å². The summed E-state index contributed by atoms with van der Waals surface area (Å²) in [5.41, 5.74) is 3.15. The van der Waals surface area contributed by atoms with Gasteiger partial charge in [0.05, 0.1) is 23.9 Å². The number of aryl methyl sites for hydroxylation is 1. The molecule has 2 aromatic carbocycles. The molecule has 1 N–H and O–H groups in total. The minimum atomic E-state index is -0.348. The van der Waals surface area contributed by atoms with Crippen LogP contribution < -0.4 is 10.2 Å². The first-order chi connectivity index (χ1) is 16.5. The Morgan fingerprint density at radius 3 is 2.18 bits per heavy atom. The number of carbonyl (C=O) groups excluding carboxylic acids is 2. The Kier molecular flexibility index (Phi) is 4.83. The Morgan fingerprint density at radius 1 is 0.912 bits per heavy atom. The molecular formula is C26H24FN5O2. The lowest BCUT2D eigenvalue weighted by Gasteiger charge is -2.31. The van der Waals surface area contributed by atoms with E-state index in [1.54, 1.807) is 16.8 Å². The maximum atomic E-state index is 13.6. The van der Waals surface area contributed by atoms with Crippen molar-refractivity contribution >= 4 is 23.7 Å². The zero-order valence-electron chi connectivity index (χ0n) is 18.7. The molecule has 1 aliphatic carbocycles. The molecule has 2 amide bonds. The second-order valence-electron chi connectivity index (χ2n) is 9.26. The van der Waals surface area contributed by atoms with Gasteiger partial charge >= 0.3 is 0 Å². The van der Waals surface area contributed by atoms with Crippen molar-refractivity contribution in [1.82, 2.24) is 14.8 Å². The summed E-state index contributed by atoms with van der Waals surface area (Å²) < 4.78 is 15.4. The second kappa shape index (κ2) is 7.90. The molecule has 0 bridgehead atoms. The van der Waals surface area contributed by atoms with Crippen LogP contribution in [0.3, 0.4) is 0 Å². The molecule has 3 aliphatic rings. The topological polar surface area (TPSA) is 80.1 Å². The molecule has 3 heterocycles. The Morgan fingerprint density at radius 2 is 1.53 bits per heavy atom. The van der Waals surface area contributed by atoms with E-state index >= 15 is 0 Å². The zero-order valence-corrected chi connectivity index (χ0v) is 18.7. The zero-order chi connectivity index (χ0) is 23.4. The first-order valence-corrected chi connectivity index (χ1v) is 11.6. The summed E-state index contributed by atoms with van der Waals surface area (Å²) in [7, 11) is 0. The van der Waals surface area contributed by atoms with Gasteiger partial charge in [-0.3, -0.25) is 9.59 Å². The van der Waals surface area contributed by atoms with E-state index in [-0.39, 0.29) is 47.5 Å².